The van der Waals surface area contributed by atoms with E-state index in [4.69, 9.17) is 23.2 Å². The van der Waals surface area contributed by atoms with Crippen molar-refractivity contribution in [2.24, 2.45) is 0 Å². The molecule has 0 unspecified atom stereocenters. The second-order valence-electron chi connectivity index (χ2n) is 7.86. The van der Waals surface area contributed by atoms with Crippen molar-refractivity contribution in [3.63, 3.8) is 0 Å². The molecule has 2 heterocycles. The molecular formula is C20H26Cl2N4O4S. The number of carbonyl (C=O) groups is 2. The zero-order valence-corrected chi connectivity index (χ0v) is 19.8. The molecule has 1 fully saturated rings. The fraction of sp³-hybridized carbons (Fsp3) is 0.500. The van der Waals surface area contributed by atoms with Crippen LogP contribution < -0.4 is 5.32 Å². The summed E-state index contributed by atoms with van der Waals surface area (Å²) in [6.45, 7) is 1.15. The maximum atomic E-state index is 13.3. The lowest BCUT2D eigenvalue weighted by molar-refractivity contribution is -0.135. The normalized spacial score (nSPS) is 22.4. The standard InChI is InChI=1S/C20H26Cl2N4O4S/c1-24(2)14-5-4-10-25(11-8-14)18(27)13-16-20(28)23-9-12-26(16)31(29,30)17-7-3-6-15(21)19(17)22/h3,6-7,9,12,14,16H,4-5,8,10-11,13H2,1-2H3,(H,23,28)/t14-,16-/m1/s1. The molecule has 31 heavy (non-hydrogen) atoms. The first kappa shape index (κ1) is 23.8. The van der Waals surface area contributed by atoms with Gasteiger partial charge in [0, 0.05) is 31.5 Å². The second kappa shape index (κ2) is 9.77. The molecule has 8 nitrogen and oxygen atoms in total. The summed E-state index contributed by atoms with van der Waals surface area (Å²) < 4.78 is 27.4. The summed E-state index contributed by atoms with van der Waals surface area (Å²) in [5, 5.41) is 2.45. The van der Waals surface area contributed by atoms with Gasteiger partial charge in [0.15, 0.2) is 0 Å². The number of carbonyl (C=O) groups excluding carboxylic acids is 2. The van der Waals surface area contributed by atoms with E-state index in [0.29, 0.717) is 19.1 Å². The molecule has 1 aromatic rings. The SMILES string of the molecule is CN(C)[C@@H]1CCCN(C(=O)C[C@@H]2C(=O)NC=CN2S(=O)(=O)c2cccc(Cl)c2Cl)CC1. The Labute approximate surface area is 192 Å². The summed E-state index contributed by atoms with van der Waals surface area (Å²) >= 11 is 12.1. The Kier molecular flexibility index (Phi) is 7.51. The predicted octanol–water partition coefficient (Wildman–Crippen LogP) is 2.29. The molecule has 2 aliphatic rings. The van der Waals surface area contributed by atoms with Gasteiger partial charge in [-0.3, -0.25) is 13.9 Å². The lowest BCUT2D eigenvalue weighted by atomic mass is 10.1. The van der Waals surface area contributed by atoms with Crippen molar-refractivity contribution < 1.29 is 18.0 Å². The number of hydrogen-bond donors (Lipinski definition) is 1. The number of benzene rings is 1. The first-order chi connectivity index (χ1) is 14.6. The van der Waals surface area contributed by atoms with Crippen LogP contribution >= 0.6 is 23.2 Å². The van der Waals surface area contributed by atoms with Crippen molar-refractivity contribution in [3.8, 4) is 0 Å². The molecule has 1 N–H and O–H groups in total. The van der Waals surface area contributed by atoms with Gasteiger partial charge in [0.1, 0.15) is 10.9 Å². The van der Waals surface area contributed by atoms with Crippen LogP contribution in [0.1, 0.15) is 25.7 Å². The summed E-state index contributed by atoms with van der Waals surface area (Å²) in [5.41, 5.74) is 0. The van der Waals surface area contributed by atoms with E-state index in [2.05, 4.69) is 10.2 Å². The number of likely N-dealkylation sites (tertiary alicyclic amines) is 1. The minimum absolute atomic E-state index is 0.0841. The zero-order chi connectivity index (χ0) is 22.8. The maximum absolute atomic E-state index is 13.3. The highest BCUT2D eigenvalue weighted by molar-refractivity contribution is 7.89. The van der Waals surface area contributed by atoms with Crippen LogP contribution in [0, 0.1) is 0 Å². The maximum Gasteiger partial charge on any atom is 0.266 e. The van der Waals surface area contributed by atoms with Gasteiger partial charge in [-0.05, 0) is 45.5 Å². The first-order valence-corrected chi connectivity index (χ1v) is 12.2. The molecule has 2 atom stereocenters. The van der Waals surface area contributed by atoms with E-state index in [-0.39, 0.29) is 27.3 Å². The summed E-state index contributed by atoms with van der Waals surface area (Å²) in [5.74, 6) is -0.828. The molecule has 3 rings (SSSR count). The van der Waals surface area contributed by atoms with Crippen LogP contribution in [-0.4, -0.2) is 73.6 Å². The van der Waals surface area contributed by atoms with Crippen molar-refractivity contribution in [2.75, 3.05) is 27.2 Å². The van der Waals surface area contributed by atoms with E-state index in [1.807, 2.05) is 14.1 Å². The first-order valence-electron chi connectivity index (χ1n) is 10.0. The Balaban J connectivity index is 1.82. The van der Waals surface area contributed by atoms with Crippen molar-refractivity contribution in [1.29, 1.82) is 0 Å². The van der Waals surface area contributed by atoms with E-state index in [9.17, 15) is 18.0 Å². The highest BCUT2D eigenvalue weighted by Crippen LogP contribution is 2.33. The van der Waals surface area contributed by atoms with Crippen molar-refractivity contribution in [1.82, 2.24) is 19.4 Å². The molecule has 11 heteroatoms. The van der Waals surface area contributed by atoms with Crippen LogP contribution in [0.2, 0.25) is 10.0 Å². The molecular weight excluding hydrogens is 463 g/mol. The quantitative estimate of drug-likeness (QED) is 0.686. The smallest absolute Gasteiger partial charge is 0.266 e. The number of nitrogens with zero attached hydrogens (tertiary/aromatic N) is 3. The molecule has 0 spiro atoms. The van der Waals surface area contributed by atoms with Gasteiger partial charge in [0.25, 0.3) is 10.0 Å². The fourth-order valence-electron chi connectivity index (χ4n) is 3.87. The van der Waals surface area contributed by atoms with Gasteiger partial charge in [-0.2, -0.15) is 0 Å². The van der Waals surface area contributed by atoms with Crippen molar-refractivity contribution in [2.45, 2.75) is 42.7 Å². The van der Waals surface area contributed by atoms with Crippen LogP contribution in [0.4, 0.5) is 0 Å². The number of nitrogens with one attached hydrogen (secondary N) is 1. The minimum Gasteiger partial charge on any atom is -0.343 e. The summed E-state index contributed by atoms with van der Waals surface area (Å²) in [7, 11) is -0.172. The molecule has 1 saturated heterocycles. The van der Waals surface area contributed by atoms with Gasteiger partial charge in [-0.25, -0.2) is 8.42 Å². The molecule has 0 bridgehead atoms. The Morgan fingerprint density at radius 1 is 1.23 bits per heavy atom. The summed E-state index contributed by atoms with van der Waals surface area (Å²) in [6, 6.07) is 3.43. The predicted molar refractivity (Wildman–Crippen MR) is 119 cm³/mol. The number of hydrogen-bond acceptors (Lipinski definition) is 5. The number of rotatable bonds is 5. The van der Waals surface area contributed by atoms with Gasteiger partial charge in [0.2, 0.25) is 11.8 Å². The van der Waals surface area contributed by atoms with Crippen molar-refractivity contribution in [3.05, 3.63) is 40.6 Å². The number of sulfonamides is 1. The van der Waals surface area contributed by atoms with Crippen molar-refractivity contribution >= 4 is 45.0 Å². The summed E-state index contributed by atoms with van der Waals surface area (Å²) in [4.78, 5) is 29.2. The lowest BCUT2D eigenvalue weighted by Gasteiger charge is -2.32. The van der Waals surface area contributed by atoms with Crippen LogP contribution in [0.15, 0.2) is 35.5 Å². The molecule has 2 amide bonds. The second-order valence-corrected chi connectivity index (χ2v) is 10.5. The molecule has 2 aliphatic heterocycles. The van der Waals surface area contributed by atoms with Gasteiger partial charge in [-0.1, -0.05) is 29.3 Å². The van der Waals surface area contributed by atoms with E-state index < -0.39 is 22.0 Å². The van der Waals surface area contributed by atoms with Gasteiger partial charge < -0.3 is 15.1 Å². The Morgan fingerprint density at radius 2 is 1.97 bits per heavy atom. The molecule has 1 aromatic carbocycles. The lowest BCUT2D eigenvalue weighted by Crippen LogP contribution is -2.51. The minimum atomic E-state index is -4.21. The molecule has 0 aliphatic carbocycles. The van der Waals surface area contributed by atoms with Gasteiger partial charge in [-0.15, -0.1) is 0 Å². The zero-order valence-electron chi connectivity index (χ0n) is 17.4. The fourth-order valence-corrected chi connectivity index (χ4v) is 6.06. The molecule has 0 saturated carbocycles. The molecule has 0 aromatic heterocycles. The Hall–Kier alpha value is -1.81. The van der Waals surface area contributed by atoms with E-state index in [1.165, 1.54) is 30.6 Å². The highest BCUT2D eigenvalue weighted by Gasteiger charge is 2.39. The average molecular weight is 489 g/mol. The monoisotopic (exact) mass is 488 g/mol. The van der Waals surface area contributed by atoms with E-state index in [1.54, 1.807) is 4.90 Å². The topological polar surface area (TPSA) is 90.0 Å². The van der Waals surface area contributed by atoms with Crippen LogP contribution in [0.5, 0.6) is 0 Å². The van der Waals surface area contributed by atoms with Crippen LogP contribution in [0.3, 0.4) is 0 Å². The third-order valence-electron chi connectivity index (χ3n) is 5.68. The third kappa shape index (κ3) is 5.16. The van der Waals surface area contributed by atoms with E-state index >= 15 is 0 Å². The number of halogens is 2. The van der Waals surface area contributed by atoms with Gasteiger partial charge >= 0.3 is 0 Å². The largest absolute Gasteiger partial charge is 0.343 e. The average Bonchev–Trinajstić information content (AvgIpc) is 2.98. The highest BCUT2D eigenvalue weighted by atomic mass is 35.5. The van der Waals surface area contributed by atoms with Crippen LogP contribution in [0.25, 0.3) is 0 Å². The number of amides is 2. The van der Waals surface area contributed by atoms with Crippen LogP contribution in [-0.2, 0) is 19.6 Å². The van der Waals surface area contributed by atoms with E-state index in [0.717, 1.165) is 23.6 Å². The summed E-state index contributed by atoms with van der Waals surface area (Å²) in [6.07, 6.45) is 4.86. The Morgan fingerprint density at radius 3 is 2.68 bits per heavy atom. The molecule has 0 radical (unpaired) electrons. The Bertz CT molecular complexity index is 983. The third-order valence-corrected chi connectivity index (χ3v) is 8.44. The molecule has 170 valence electrons. The van der Waals surface area contributed by atoms with Gasteiger partial charge in [0.05, 0.1) is 16.5 Å².